The van der Waals surface area contributed by atoms with Crippen LogP contribution in [0.1, 0.15) is 41.5 Å². The van der Waals surface area contributed by atoms with E-state index in [9.17, 15) is 30.8 Å². The van der Waals surface area contributed by atoms with Gasteiger partial charge in [0.25, 0.3) is 5.91 Å². The number of sulfonamides is 1. The quantitative estimate of drug-likeness (QED) is 0.643. The topological polar surface area (TPSA) is 70.6 Å². The number of aromatic nitrogens is 1. The number of rotatable bonds is 3. The fourth-order valence-corrected chi connectivity index (χ4v) is 5.94. The predicted octanol–water partition coefficient (Wildman–Crippen LogP) is 3.48. The van der Waals surface area contributed by atoms with E-state index in [1.54, 1.807) is 11.8 Å². The minimum atomic E-state index is -4.59. The zero-order valence-corrected chi connectivity index (χ0v) is 18.0. The van der Waals surface area contributed by atoms with Crippen molar-refractivity contribution in [3.63, 3.8) is 0 Å². The van der Waals surface area contributed by atoms with Crippen molar-refractivity contribution in [2.24, 2.45) is 0 Å². The van der Waals surface area contributed by atoms with Crippen LogP contribution in [0, 0.1) is 5.82 Å². The van der Waals surface area contributed by atoms with Gasteiger partial charge in [-0.1, -0.05) is 12.1 Å². The lowest BCUT2D eigenvalue weighted by atomic mass is 9.93. The molecule has 2 aliphatic heterocycles. The van der Waals surface area contributed by atoms with Gasteiger partial charge in [-0.05, 0) is 44.0 Å². The molecule has 0 radical (unpaired) electrons. The number of hydrogen-bond donors (Lipinski definition) is 0. The summed E-state index contributed by atoms with van der Waals surface area (Å²) >= 11 is 0. The van der Waals surface area contributed by atoms with Crippen molar-refractivity contribution in [2.45, 2.75) is 49.3 Å². The highest BCUT2D eigenvalue weighted by molar-refractivity contribution is 7.89. The third-order valence-corrected chi connectivity index (χ3v) is 7.90. The first-order chi connectivity index (χ1) is 15.0. The van der Waals surface area contributed by atoms with E-state index < -0.39 is 33.6 Å². The smallest absolute Gasteiger partial charge is 0.332 e. The van der Waals surface area contributed by atoms with Crippen molar-refractivity contribution in [1.29, 1.82) is 0 Å². The number of carbonyl (C=O) groups excluding carboxylic acids is 1. The third kappa shape index (κ3) is 3.99. The molecule has 2 aliphatic rings. The SMILES string of the molecule is CC1Cc2nc(C(F)(F)F)ccc2C(=O)N1C1CCN(S(=O)(=O)c2ccccc2F)CC1. The van der Waals surface area contributed by atoms with Gasteiger partial charge >= 0.3 is 6.18 Å². The third-order valence-electron chi connectivity index (χ3n) is 5.96. The second-order valence-electron chi connectivity index (χ2n) is 8.02. The molecule has 1 aromatic carbocycles. The lowest BCUT2D eigenvalue weighted by Gasteiger charge is -2.43. The number of nitrogens with zero attached hydrogens (tertiary/aromatic N) is 3. The Labute approximate surface area is 182 Å². The first kappa shape index (κ1) is 22.7. The summed E-state index contributed by atoms with van der Waals surface area (Å²) in [6.07, 6.45) is -3.73. The summed E-state index contributed by atoms with van der Waals surface area (Å²) in [6.45, 7) is 1.96. The molecule has 1 atom stereocenters. The molecule has 1 fully saturated rings. The number of fused-ring (bicyclic) bond motifs is 1. The Hall–Kier alpha value is -2.53. The first-order valence-corrected chi connectivity index (χ1v) is 11.6. The van der Waals surface area contributed by atoms with Crippen LogP contribution in [-0.4, -0.2) is 53.7 Å². The molecule has 172 valence electrons. The predicted molar refractivity (Wildman–Crippen MR) is 107 cm³/mol. The molecule has 2 aromatic rings. The Bertz CT molecular complexity index is 1150. The molecular formula is C21H21F4N3O3S. The second kappa shape index (κ2) is 8.11. The summed E-state index contributed by atoms with van der Waals surface area (Å²) in [4.78, 5) is 17.9. The van der Waals surface area contributed by atoms with Gasteiger partial charge in [0.1, 0.15) is 16.4 Å². The maximum atomic E-state index is 14.0. The number of benzene rings is 1. The Morgan fingerprint density at radius 3 is 2.34 bits per heavy atom. The summed E-state index contributed by atoms with van der Waals surface area (Å²) in [5, 5.41) is 0. The van der Waals surface area contributed by atoms with E-state index in [0.29, 0.717) is 12.8 Å². The Morgan fingerprint density at radius 1 is 1.06 bits per heavy atom. The molecule has 32 heavy (non-hydrogen) atoms. The van der Waals surface area contributed by atoms with E-state index in [0.717, 1.165) is 18.2 Å². The number of alkyl halides is 3. The highest BCUT2D eigenvalue weighted by atomic mass is 32.2. The fraction of sp³-hybridized carbons (Fsp3) is 0.429. The second-order valence-corrected chi connectivity index (χ2v) is 9.93. The van der Waals surface area contributed by atoms with Gasteiger partial charge < -0.3 is 4.90 Å². The average molecular weight is 471 g/mol. The molecular weight excluding hydrogens is 450 g/mol. The summed E-state index contributed by atoms with van der Waals surface area (Å²) < 4.78 is 79.7. The van der Waals surface area contributed by atoms with E-state index in [4.69, 9.17) is 0 Å². The number of halogens is 4. The van der Waals surface area contributed by atoms with Crippen LogP contribution < -0.4 is 0 Å². The van der Waals surface area contributed by atoms with Crippen molar-refractivity contribution in [1.82, 2.24) is 14.2 Å². The molecule has 1 saturated heterocycles. The van der Waals surface area contributed by atoms with E-state index in [2.05, 4.69) is 4.98 Å². The first-order valence-electron chi connectivity index (χ1n) is 10.1. The number of amides is 1. The van der Waals surface area contributed by atoms with Crippen LogP contribution in [0.5, 0.6) is 0 Å². The standard InChI is InChI=1S/C21H21F4N3O3S/c1-13-12-17-15(6-7-19(26-17)21(23,24)25)20(29)28(13)14-8-10-27(11-9-14)32(30,31)18-5-3-2-4-16(18)22/h2-7,13-14H,8-12H2,1H3. The molecule has 0 bridgehead atoms. The molecule has 11 heteroatoms. The van der Waals surface area contributed by atoms with Gasteiger partial charge in [0.05, 0.1) is 11.3 Å². The zero-order chi connectivity index (χ0) is 23.3. The van der Waals surface area contributed by atoms with Gasteiger partial charge in [-0.25, -0.2) is 17.8 Å². The number of piperidine rings is 1. The number of carbonyl (C=O) groups is 1. The molecule has 3 heterocycles. The molecule has 0 N–H and O–H groups in total. The van der Waals surface area contributed by atoms with E-state index in [-0.39, 0.29) is 47.7 Å². The van der Waals surface area contributed by atoms with Crippen LogP contribution >= 0.6 is 0 Å². The highest BCUT2D eigenvalue weighted by Gasteiger charge is 2.41. The lowest BCUT2D eigenvalue weighted by Crippen LogP contribution is -2.54. The summed E-state index contributed by atoms with van der Waals surface area (Å²) in [5.74, 6) is -1.23. The molecule has 0 saturated carbocycles. The van der Waals surface area contributed by atoms with Crippen LogP contribution in [0.25, 0.3) is 0 Å². The van der Waals surface area contributed by atoms with Crippen LogP contribution in [0.3, 0.4) is 0 Å². The van der Waals surface area contributed by atoms with Crippen LogP contribution in [0.4, 0.5) is 17.6 Å². The average Bonchev–Trinajstić information content (AvgIpc) is 2.73. The molecule has 0 spiro atoms. The van der Waals surface area contributed by atoms with Gasteiger partial charge in [0.2, 0.25) is 10.0 Å². The Kier molecular flexibility index (Phi) is 5.74. The molecule has 1 aromatic heterocycles. The van der Waals surface area contributed by atoms with Crippen LogP contribution in [0.2, 0.25) is 0 Å². The van der Waals surface area contributed by atoms with Crippen molar-refractivity contribution in [2.75, 3.05) is 13.1 Å². The Balaban J connectivity index is 1.51. The fourth-order valence-electron chi connectivity index (χ4n) is 4.41. The van der Waals surface area contributed by atoms with Crippen molar-refractivity contribution in [3.8, 4) is 0 Å². The van der Waals surface area contributed by atoms with Gasteiger partial charge in [-0.3, -0.25) is 4.79 Å². The monoisotopic (exact) mass is 471 g/mol. The largest absolute Gasteiger partial charge is 0.433 e. The number of pyridine rings is 1. The summed E-state index contributed by atoms with van der Waals surface area (Å²) in [5.41, 5.74) is -0.776. The van der Waals surface area contributed by atoms with Crippen molar-refractivity contribution < 1.29 is 30.8 Å². The normalized spacial score (nSPS) is 21.0. The molecule has 6 nitrogen and oxygen atoms in total. The molecule has 1 unspecified atom stereocenters. The van der Waals surface area contributed by atoms with Crippen LogP contribution in [-0.2, 0) is 22.6 Å². The van der Waals surface area contributed by atoms with Crippen molar-refractivity contribution in [3.05, 3.63) is 59.2 Å². The maximum absolute atomic E-state index is 14.0. The van der Waals surface area contributed by atoms with Crippen LogP contribution in [0.15, 0.2) is 41.3 Å². The molecule has 0 aliphatic carbocycles. The Morgan fingerprint density at radius 2 is 1.72 bits per heavy atom. The zero-order valence-electron chi connectivity index (χ0n) is 17.1. The van der Waals surface area contributed by atoms with Gasteiger partial charge in [0.15, 0.2) is 0 Å². The number of hydrogen-bond acceptors (Lipinski definition) is 4. The summed E-state index contributed by atoms with van der Waals surface area (Å²) in [7, 11) is -4.00. The van der Waals surface area contributed by atoms with Crippen molar-refractivity contribution >= 4 is 15.9 Å². The maximum Gasteiger partial charge on any atom is 0.433 e. The van der Waals surface area contributed by atoms with Gasteiger partial charge in [-0.2, -0.15) is 17.5 Å². The summed E-state index contributed by atoms with van der Waals surface area (Å²) in [6, 6.07) is 6.46. The van der Waals surface area contributed by atoms with Gasteiger partial charge in [0, 0.05) is 31.6 Å². The van der Waals surface area contributed by atoms with E-state index in [1.807, 2.05) is 0 Å². The molecule has 4 rings (SSSR count). The van der Waals surface area contributed by atoms with E-state index in [1.165, 1.54) is 22.5 Å². The molecule has 1 amide bonds. The van der Waals surface area contributed by atoms with E-state index >= 15 is 0 Å². The van der Waals surface area contributed by atoms with Gasteiger partial charge in [-0.15, -0.1) is 0 Å². The lowest BCUT2D eigenvalue weighted by molar-refractivity contribution is -0.141. The minimum absolute atomic E-state index is 0.107. The minimum Gasteiger partial charge on any atom is -0.332 e. The highest BCUT2D eigenvalue weighted by Crippen LogP contribution is 2.33.